The molecule has 4 nitrogen and oxygen atoms in total. The number of nitrogens with zero attached hydrogens (tertiary/aromatic N) is 1. The van der Waals surface area contributed by atoms with Gasteiger partial charge in [0.15, 0.2) is 0 Å². The van der Waals surface area contributed by atoms with Gasteiger partial charge in [-0.05, 0) is 38.6 Å². The Morgan fingerprint density at radius 3 is 2.19 bits per heavy atom. The lowest BCUT2D eigenvalue weighted by Gasteiger charge is -2.25. The van der Waals surface area contributed by atoms with Crippen molar-refractivity contribution in [3.8, 4) is 0 Å². The van der Waals surface area contributed by atoms with Crippen LogP contribution in [0.3, 0.4) is 0 Å². The van der Waals surface area contributed by atoms with Gasteiger partial charge in [-0.2, -0.15) is 0 Å². The van der Waals surface area contributed by atoms with E-state index in [9.17, 15) is 4.39 Å². The molecule has 5 heteroatoms. The second-order valence-corrected chi connectivity index (χ2v) is 4.70. The van der Waals surface area contributed by atoms with E-state index >= 15 is 0 Å². The fraction of sp³-hybridized carbons (Fsp3) is 0.625. The Morgan fingerprint density at radius 1 is 1.10 bits per heavy atom. The van der Waals surface area contributed by atoms with Crippen LogP contribution in [0.25, 0.3) is 0 Å². The molecule has 0 bridgehead atoms. The Bertz CT molecular complexity index is 392. The molecule has 120 valence electrons. The van der Waals surface area contributed by atoms with Gasteiger partial charge in [-0.15, -0.1) is 0 Å². The van der Waals surface area contributed by atoms with Gasteiger partial charge in [0, 0.05) is 32.8 Å². The van der Waals surface area contributed by atoms with E-state index in [-0.39, 0.29) is 5.82 Å². The van der Waals surface area contributed by atoms with Crippen molar-refractivity contribution in [2.45, 2.75) is 20.4 Å². The van der Waals surface area contributed by atoms with Crippen molar-refractivity contribution in [1.29, 1.82) is 0 Å². The summed E-state index contributed by atoms with van der Waals surface area (Å²) < 4.78 is 25.0. The Hall–Kier alpha value is -1.17. The quantitative estimate of drug-likeness (QED) is 0.636. The van der Waals surface area contributed by atoms with Gasteiger partial charge in [-0.25, -0.2) is 4.39 Å². The van der Waals surface area contributed by atoms with Gasteiger partial charge in [0.1, 0.15) is 5.82 Å². The summed E-state index contributed by atoms with van der Waals surface area (Å²) in [7, 11) is 1.85. The fourth-order valence-electron chi connectivity index (χ4n) is 2.11. The highest BCUT2D eigenvalue weighted by molar-refractivity contribution is 5.49. The Labute approximate surface area is 127 Å². The molecular formula is C16H27FN2O2. The third kappa shape index (κ3) is 6.42. The standard InChI is InChI=1S/C16H27FN2O2/c1-4-20-10-8-19(9-11-21-5-2)16-7-6-14(13-18-3)12-15(16)17/h6-7,12,18H,4-5,8-11,13H2,1-3H3. The molecule has 0 amide bonds. The number of ether oxygens (including phenoxy) is 2. The molecule has 1 aromatic rings. The third-order valence-corrected chi connectivity index (χ3v) is 3.15. The van der Waals surface area contributed by atoms with Crippen LogP contribution in [0.2, 0.25) is 0 Å². The van der Waals surface area contributed by atoms with Crippen molar-refractivity contribution in [3.05, 3.63) is 29.6 Å². The van der Waals surface area contributed by atoms with Crippen LogP contribution in [0.4, 0.5) is 10.1 Å². The maximum Gasteiger partial charge on any atom is 0.146 e. The summed E-state index contributed by atoms with van der Waals surface area (Å²) in [5.41, 5.74) is 1.54. The maximum absolute atomic E-state index is 14.3. The van der Waals surface area contributed by atoms with E-state index in [1.807, 2.05) is 37.9 Å². The Kier molecular flexibility index (Phi) is 8.98. The number of rotatable bonds is 11. The zero-order valence-electron chi connectivity index (χ0n) is 13.3. The molecule has 1 rings (SSSR count). The minimum Gasteiger partial charge on any atom is -0.380 e. The van der Waals surface area contributed by atoms with E-state index in [2.05, 4.69) is 5.32 Å². The molecule has 1 aromatic carbocycles. The van der Waals surface area contributed by atoms with Gasteiger partial charge >= 0.3 is 0 Å². The van der Waals surface area contributed by atoms with Gasteiger partial charge in [-0.3, -0.25) is 0 Å². The van der Waals surface area contributed by atoms with E-state index in [4.69, 9.17) is 9.47 Å². The van der Waals surface area contributed by atoms with Crippen molar-refractivity contribution in [2.24, 2.45) is 0 Å². The molecule has 21 heavy (non-hydrogen) atoms. The zero-order valence-corrected chi connectivity index (χ0v) is 13.3. The molecule has 0 saturated heterocycles. The van der Waals surface area contributed by atoms with Crippen molar-refractivity contribution in [2.75, 3.05) is 51.5 Å². The highest BCUT2D eigenvalue weighted by atomic mass is 19.1. The normalized spacial score (nSPS) is 10.9. The second kappa shape index (κ2) is 10.5. The van der Waals surface area contributed by atoms with Crippen LogP contribution < -0.4 is 10.2 Å². The molecule has 0 atom stereocenters. The average molecular weight is 298 g/mol. The lowest BCUT2D eigenvalue weighted by molar-refractivity contribution is 0.141. The second-order valence-electron chi connectivity index (χ2n) is 4.70. The van der Waals surface area contributed by atoms with Crippen LogP contribution in [0.5, 0.6) is 0 Å². The van der Waals surface area contributed by atoms with Crippen LogP contribution in [-0.2, 0) is 16.0 Å². The van der Waals surface area contributed by atoms with E-state index < -0.39 is 0 Å². The molecule has 0 unspecified atom stereocenters. The van der Waals surface area contributed by atoms with Crippen molar-refractivity contribution >= 4 is 5.69 Å². The minimum atomic E-state index is -0.198. The summed E-state index contributed by atoms with van der Waals surface area (Å²) in [5, 5.41) is 3.02. The number of anilines is 1. The van der Waals surface area contributed by atoms with Gasteiger partial charge in [0.2, 0.25) is 0 Å². The predicted octanol–water partition coefficient (Wildman–Crippen LogP) is 2.42. The zero-order chi connectivity index (χ0) is 15.5. The van der Waals surface area contributed by atoms with Crippen LogP contribution >= 0.6 is 0 Å². The molecule has 0 aliphatic carbocycles. The lowest BCUT2D eigenvalue weighted by atomic mass is 10.2. The summed E-state index contributed by atoms with van der Waals surface area (Å²) in [6.45, 7) is 8.39. The van der Waals surface area contributed by atoms with Crippen LogP contribution in [0.1, 0.15) is 19.4 Å². The van der Waals surface area contributed by atoms with E-state index in [0.717, 1.165) is 5.56 Å². The topological polar surface area (TPSA) is 33.7 Å². The Morgan fingerprint density at radius 2 is 1.71 bits per heavy atom. The summed E-state index contributed by atoms with van der Waals surface area (Å²) in [6, 6.07) is 5.36. The molecule has 0 radical (unpaired) electrons. The van der Waals surface area contributed by atoms with E-state index in [0.29, 0.717) is 51.7 Å². The highest BCUT2D eigenvalue weighted by Gasteiger charge is 2.12. The monoisotopic (exact) mass is 298 g/mol. The van der Waals surface area contributed by atoms with E-state index in [1.54, 1.807) is 6.07 Å². The smallest absolute Gasteiger partial charge is 0.146 e. The van der Waals surface area contributed by atoms with Gasteiger partial charge in [0.25, 0.3) is 0 Å². The highest BCUT2D eigenvalue weighted by Crippen LogP contribution is 2.20. The molecule has 0 saturated carbocycles. The third-order valence-electron chi connectivity index (χ3n) is 3.15. The number of halogens is 1. The molecular weight excluding hydrogens is 271 g/mol. The summed E-state index contributed by atoms with van der Waals surface area (Å²) in [4.78, 5) is 1.98. The van der Waals surface area contributed by atoms with Crippen LogP contribution in [0, 0.1) is 5.82 Å². The van der Waals surface area contributed by atoms with Crippen LogP contribution in [0.15, 0.2) is 18.2 Å². The van der Waals surface area contributed by atoms with Crippen molar-refractivity contribution in [1.82, 2.24) is 5.32 Å². The first-order valence-electron chi connectivity index (χ1n) is 7.56. The molecule has 1 N–H and O–H groups in total. The fourth-order valence-corrected chi connectivity index (χ4v) is 2.11. The molecule has 0 spiro atoms. The van der Waals surface area contributed by atoms with Crippen molar-refractivity contribution in [3.63, 3.8) is 0 Å². The largest absolute Gasteiger partial charge is 0.380 e. The van der Waals surface area contributed by atoms with E-state index in [1.165, 1.54) is 0 Å². The SMILES string of the molecule is CCOCCN(CCOCC)c1ccc(CNC)cc1F. The Balaban J connectivity index is 2.74. The number of benzene rings is 1. The average Bonchev–Trinajstić information content (AvgIpc) is 2.47. The minimum absolute atomic E-state index is 0.198. The molecule has 0 heterocycles. The van der Waals surface area contributed by atoms with Crippen LogP contribution in [-0.4, -0.2) is 46.6 Å². The lowest BCUT2D eigenvalue weighted by Crippen LogP contribution is -2.32. The number of hydrogen-bond donors (Lipinski definition) is 1. The summed E-state index contributed by atoms with van der Waals surface area (Å²) in [6.07, 6.45) is 0. The maximum atomic E-state index is 14.3. The van der Waals surface area contributed by atoms with Gasteiger partial charge < -0.3 is 19.7 Å². The number of hydrogen-bond acceptors (Lipinski definition) is 4. The first-order chi connectivity index (χ1) is 10.2. The van der Waals surface area contributed by atoms with Gasteiger partial charge in [0.05, 0.1) is 18.9 Å². The first kappa shape index (κ1) is 17.9. The molecule has 0 aliphatic heterocycles. The first-order valence-corrected chi connectivity index (χ1v) is 7.56. The van der Waals surface area contributed by atoms with Crippen molar-refractivity contribution < 1.29 is 13.9 Å². The summed E-state index contributed by atoms with van der Waals surface area (Å²) >= 11 is 0. The summed E-state index contributed by atoms with van der Waals surface area (Å²) in [5.74, 6) is -0.198. The molecule has 0 aliphatic rings. The molecule has 0 aromatic heterocycles. The van der Waals surface area contributed by atoms with Gasteiger partial charge in [-0.1, -0.05) is 6.07 Å². The predicted molar refractivity (Wildman–Crippen MR) is 84.4 cm³/mol. The number of nitrogens with one attached hydrogen (secondary N) is 1. The molecule has 0 fully saturated rings.